The summed E-state index contributed by atoms with van der Waals surface area (Å²) in [6.07, 6.45) is -14.3. The van der Waals surface area contributed by atoms with Gasteiger partial charge in [0.2, 0.25) is 0 Å². The average molecular weight is 635 g/mol. The van der Waals surface area contributed by atoms with Crippen LogP contribution in [-0.2, 0) is 38.7 Å². The number of benzene rings is 2. The van der Waals surface area contributed by atoms with E-state index in [-0.39, 0.29) is 54.2 Å². The number of hydrogen-bond donors (Lipinski definition) is 1. The van der Waals surface area contributed by atoms with Crippen LogP contribution in [0.3, 0.4) is 0 Å². The number of alkyl halides is 9. The maximum Gasteiger partial charge on any atom is 0.416 e. The van der Waals surface area contributed by atoms with Gasteiger partial charge in [-0.3, -0.25) is 0 Å². The van der Waals surface area contributed by atoms with Crippen molar-refractivity contribution in [1.82, 2.24) is 40.8 Å². The molecule has 1 atom stereocenters. The van der Waals surface area contributed by atoms with Crippen molar-refractivity contribution in [3.63, 3.8) is 0 Å². The van der Waals surface area contributed by atoms with E-state index in [1.165, 1.54) is 24.9 Å². The highest BCUT2D eigenvalue weighted by molar-refractivity contribution is 5.62. The Morgan fingerprint density at radius 3 is 2.14 bits per heavy atom. The quantitative estimate of drug-likeness (QED) is 0.272. The zero-order chi connectivity index (χ0) is 32.0. The molecule has 3 heterocycles. The Balaban J connectivity index is 1.67. The van der Waals surface area contributed by atoms with E-state index >= 15 is 0 Å². The van der Waals surface area contributed by atoms with E-state index in [0.717, 1.165) is 10.9 Å². The number of aryl methyl sites for hydroxylation is 2. The first kappa shape index (κ1) is 31.0. The van der Waals surface area contributed by atoms with Crippen molar-refractivity contribution >= 4 is 11.6 Å². The normalized spacial score (nSPS) is 16.2. The lowest BCUT2D eigenvalue weighted by Gasteiger charge is -2.33. The van der Waals surface area contributed by atoms with Crippen molar-refractivity contribution in [2.24, 2.45) is 7.05 Å². The second-order valence-electron chi connectivity index (χ2n) is 10.3. The van der Waals surface area contributed by atoms with E-state index in [1.807, 2.05) is 0 Å². The number of aromatic amines is 1. The number of anilines is 2. The fourth-order valence-corrected chi connectivity index (χ4v) is 5.24. The molecule has 1 unspecified atom stereocenters. The summed E-state index contributed by atoms with van der Waals surface area (Å²) in [7, 11) is 1.41. The topological polar surface area (TPSA) is 105 Å². The molecule has 19 heteroatoms. The summed E-state index contributed by atoms with van der Waals surface area (Å²) in [6.45, 7) is 0.917. The lowest BCUT2D eigenvalue weighted by Crippen LogP contribution is -2.30. The predicted molar refractivity (Wildman–Crippen MR) is 135 cm³/mol. The Kier molecular flexibility index (Phi) is 7.91. The van der Waals surface area contributed by atoms with E-state index in [9.17, 15) is 39.5 Å². The average Bonchev–Trinajstić information content (AvgIpc) is 3.55. The number of tetrazole rings is 2. The second kappa shape index (κ2) is 11.2. The number of fused-ring (bicyclic) bond motifs is 1. The van der Waals surface area contributed by atoms with Crippen molar-refractivity contribution in [2.75, 3.05) is 16.3 Å². The summed E-state index contributed by atoms with van der Waals surface area (Å²) >= 11 is 0. The maximum atomic E-state index is 14.0. The molecule has 0 amide bonds. The molecule has 1 aliphatic heterocycles. The fraction of sp³-hybridized carbons (Fsp3) is 0.440. The lowest BCUT2D eigenvalue weighted by atomic mass is 9.94. The van der Waals surface area contributed by atoms with Crippen LogP contribution in [-0.4, -0.2) is 47.4 Å². The van der Waals surface area contributed by atoms with E-state index in [2.05, 4.69) is 36.0 Å². The molecule has 0 spiro atoms. The number of nitrogens with one attached hydrogen (secondary N) is 1. The number of nitrogens with zero attached hydrogens (tertiary/aromatic N) is 9. The van der Waals surface area contributed by atoms with Crippen LogP contribution in [0.2, 0.25) is 0 Å². The molecule has 236 valence electrons. The first-order valence-corrected chi connectivity index (χ1v) is 13.0. The van der Waals surface area contributed by atoms with Gasteiger partial charge in [0.1, 0.15) is 0 Å². The van der Waals surface area contributed by atoms with Crippen LogP contribution in [0.5, 0.6) is 0 Å². The van der Waals surface area contributed by atoms with Gasteiger partial charge in [-0.1, -0.05) is 16.4 Å². The molecule has 5 rings (SSSR count). The minimum Gasteiger partial charge on any atom is -0.364 e. The summed E-state index contributed by atoms with van der Waals surface area (Å²) in [5, 5.41) is 25.4. The molecule has 1 aliphatic rings. The molecular weight excluding hydrogens is 611 g/mol. The minimum absolute atomic E-state index is 0.0210. The molecule has 2 aromatic heterocycles. The van der Waals surface area contributed by atoms with Crippen LogP contribution in [0.15, 0.2) is 30.3 Å². The molecule has 0 saturated carbocycles. The maximum absolute atomic E-state index is 14.0. The number of hydrogen-bond acceptors (Lipinski definition) is 8. The van der Waals surface area contributed by atoms with Crippen molar-refractivity contribution in [3.05, 3.63) is 69.5 Å². The first-order valence-electron chi connectivity index (χ1n) is 13.0. The molecule has 0 aliphatic carbocycles. The summed E-state index contributed by atoms with van der Waals surface area (Å²) in [5.74, 6) is 0.0539. The Morgan fingerprint density at radius 1 is 0.909 bits per heavy atom. The van der Waals surface area contributed by atoms with Gasteiger partial charge in [-0.15, -0.1) is 15.3 Å². The van der Waals surface area contributed by atoms with Gasteiger partial charge in [-0.05, 0) is 65.9 Å². The van der Waals surface area contributed by atoms with Gasteiger partial charge in [0.15, 0.2) is 5.82 Å². The number of halogens is 9. The van der Waals surface area contributed by atoms with E-state index in [0.29, 0.717) is 24.1 Å². The van der Waals surface area contributed by atoms with Crippen LogP contribution in [0.25, 0.3) is 0 Å². The van der Waals surface area contributed by atoms with Gasteiger partial charge >= 0.3 is 18.5 Å². The molecule has 0 fully saturated rings. The van der Waals surface area contributed by atoms with Crippen molar-refractivity contribution in [1.29, 1.82) is 0 Å². The molecule has 44 heavy (non-hydrogen) atoms. The summed E-state index contributed by atoms with van der Waals surface area (Å²) in [4.78, 5) is 4.02. The standard InChI is InChI=1S/C25H23F9N10/c1-13-6-17-19(4-3-5-43(12-21-35-39-40-36-21)20(17)10-18(13)25(32,33)34)44(22-37-41-42(2)38-22)11-14-7-15(23(26,27)28)9-16(8-14)24(29,30)31/h6-10,19H,3-5,11-12H2,1-2H3,(H,35,36,39,40). The van der Waals surface area contributed by atoms with Crippen LogP contribution in [0, 0.1) is 6.92 Å². The third kappa shape index (κ3) is 6.54. The molecule has 2 aromatic carbocycles. The summed E-state index contributed by atoms with van der Waals surface area (Å²) in [5.41, 5.74) is -3.96. The van der Waals surface area contributed by atoms with Crippen molar-refractivity contribution in [2.45, 2.75) is 57.4 Å². The van der Waals surface area contributed by atoms with Crippen LogP contribution >= 0.6 is 0 Å². The molecule has 0 radical (unpaired) electrons. The Bertz CT molecular complexity index is 1580. The van der Waals surface area contributed by atoms with Crippen molar-refractivity contribution < 1.29 is 39.5 Å². The van der Waals surface area contributed by atoms with E-state index in [1.54, 1.807) is 4.90 Å². The zero-order valence-electron chi connectivity index (χ0n) is 22.9. The third-order valence-corrected chi connectivity index (χ3v) is 7.14. The minimum atomic E-state index is -5.08. The second-order valence-corrected chi connectivity index (χ2v) is 10.3. The van der Waals surface area contributed by atoms with Crippen LogP contribution in [0.4, 0.5) is 51.1 Å². The predicted octanol–water partition coefficient (Wildman–Crippen LogP) is 5.64. The Labute approximate surface area is 242 Å². The van der Waals surface area contributed by atoms with E-state index < -0.39 is 47.8 Å². The van der Waals surface area contributed by atoms with Gasteiger partial charge in [0.05, 0.1) is 36.3 Å². The van der Waals surface area contributed by atoms with Gasteiger partial charge in [-0.2, -0.15) is 49.5 Å². The van der Waals surface area contributed by atoms with Crippen LogP contribution in [0.1, 0.15) is 58.1 Å². The van der Waals surface area contributed by atoms with E-state index in [4.69, 9.17) is 0 Å². The van der Waals surface area contributed by atoms with Crippen LogP contribution < -0.4 is 9.80 Å². The van der Waals surface area contributed by atoms with Gasteiger partial charge in [0, 0.05) is 18.8 Å². The first-order chi connectivity index (χ1) is 20.5. The summed E-state index contributed by atoms with van der Waals surface area (Å²) < 4.78 is 124. The highest BCUT2D eigenvalue weighted by Crippen LogP contribution is 2.44. The molecule has 10 nitrogen and oxygen atoms in total. The fourth-order valence-electron chi connectivity index (χ4n) is 5.24. The highest BCUT2D eigenvalue weighted by atomic mass is 19.4. The van der Waals surface area contributed by atoms with Gasteiger partial charge < -0.3 is 9.80 Å². The third-order valence-electron chi connectivity index (χ3n) is 7.14. The smallest absolute Gasteiger partial charge is 0.364 e. The summed E-state index contributed by atoms with van der Waals surface area (Å²) in [6, 6.07) is 2.61. The number of rotatable bonds is 6. The molecule has 0 saturated heterocycles. The van der Waals surface area contributed by atoms with Gasteiger partial charge in [-0.25, -0.2) is 0 Å². The number of H-pyrrole nitrogens is 1. The Morgan fingerprint density at radius 2 is 1.59 bits per heavy atom. The lowest BCUT2D eigenvalue weighted by molar-refractivity contribution is -0.143. The zero-order valence-corrected chi connectivity index (χ0v) is 22.9. The molecule has 4 aromatic rings. The molecule has 1 N–H and O–H groups in total. The molecule has 0 bridgehead atoms. The monoisotopic (exact) mass is 634 g/mol. The SMILES string of the molecule is Cc1cc2c(cc1C(F)(F)F)N(Cc1nn[nH]n1)CCCC2N(Cc1cc(C(F)(F)F)cc(C(F)(F)F)c1)c1nnn(C)n1. The highest BCUT2D eigenvalue weighted by Gasteiger charge is 2.39. The van der Waals surface area contributed by atoms with Crippen molar-refractivity contribution in [3.8, 4) is 0 Å². The largest absolute Gasteiger partial charge is 0.416 e. The molecular formula is C25H23F9N10. The number of aromatic nitrogens is 8. The van der Waals surface area contributed by atoms with Gasteiger partial charge in [0.25, 0.3) is 5.95 Å². The Hall–Kier alpha value is -4.45.